The zero-order valence-electron chi connectivity index (χ0n) is 20.4. The SMILES string of the molecule is Cc1ccc(/C(O)=C2\C(=O)C(=O)N(c3ccc(N4CCCC4)cc3)C2c2ccccc2C)cc1C. The van der Waals surface area contributed by atoms with Crippen LogP contribution in [0.2, 0.25) is 0 Å². The Hall–Kier alpha value is -3.86. The van der Waals surface area contributed by atoms with Gasteiger partial charge >= 0.3 is 0 Å². The highest BCUT2D eigenvalue weighted by atomic mass is 16.3. The molecule has 3 aromatic rings. The summed E-state index contributed by atoms with van der Waals surface area (Å²) in [6.45, 7) is 7.98. The predicted molar refractivity (Wildman–Crippen MR) is 140 cm³/mol. The maximum Gasteiger partial charge on any atom is 0.300 e. The van der Waals surface area contributed by atoms with Crippen molar-refractivity contribution in [2.24, 2.45) is 0 Å². The van der Waals surface area contributed by atoms with E-state index in [1.54, 1.807) is 6.07 Å². The topological polar surface area (TPSA) is 60.9 Å². The Morgan fingerprint density at radius 2 is 1.46 bits per heavy atom. The molecule has 1 amide bonds. The number of Topliss-reactive ketones (excluding diaryl/α,β-unsaturated/α-hetero) is 1. The van der Waals surface area contributed by atoms with Gasteiger partial charge in [-0.3, -0.25) is 14.5 Å². The standard InChI is InChI=1S/C30H30N2O3/c1-19-10-11-22(18-21(19)3)28(33)26-27(25-9-5-4-8-20(25)2)32(30(35)29(26)34)24-14-12-23(13-15-24)31-16-6-7-17-31/h4-5,8-15,18,27,33H,6-7,16-17H2,1-3H3/b28-26+. The molecule has 0 aliphatic carbocycles. The van der Waals surface area contributed by atoms with Crippen molar-refractivity contribution in [2.45, 2.75) is 39.7 Å². The van der Waals surface area contributed by atoms with Crippen LogP contribution in [0.4, 0.5) is 11.4 Å². The smallest absolute Gasteiger partial charge is 0.300 e. The number of ketones is 1. The minimum absolute atomic E-state index is 0.121. The van der Waals surface area contributed by atoms with Gasteiger partial charge in [0.15, 0.2) is 0 Å². The van der Waals surface area contributed by atoms with E-state index in [1.807, 2.05) is 81.4 Å². The molecule has 1 unspecified atom stereocenters. The lowest BCUT2D eigenvalue weighted by atomic mass is 9.92. The first-order valence-corrected chi connectivity index (χ1v) is 12.2. The average Bonchev–Trinajstić information content (AvgIpc) is 3.48. The molecule has 0 saturated carbocycles. The van der Waals surface area contributed by atoms with E-state index in [2.05, 4.69) is 4.90 Å². The summed E-state index contributed by atoms with van der Waals surface area (Å²) >= 11 is 0. The van der Waals surface area contributed by atoms with Crippen molar-refractivity contribution in [1.82, 2.24) is 0 Å². The van der Waals surface area contributed by atoms with Crippen LogP contribution in [0.1, 0.15) is 46.7 Å². The van der Waals surface area contributed by atoms with Crippen LogP contribution in [0.5, 0.6) is 0 Å². The van der Waals surface area contributed by atoms with Crippen molar-refractivity contribution >= 4 is 28.8 Å². The zero-order chi connectivity index (χ0) is 24.7. The van der Waals surface area contributed by atoms with Crippen LogP contribution < -0.4 is 9.80 Å². The van der Waals surface area contributed by atoms with Crippen LogP contribution in [0, 0.1) is 20.8 Å². The van der Waals surface area contributed by atoms with E-state index < -0.39 is 17.7 Å². The molecule has 2 heterocycles. The summed E-state index contributed by atoms with van der Waals surface area (Å²) in [6, 6.07) is 20.4. The number of carbonyl (C=O) groups excluding carboxylic acids is 2. The summed E-state index contributed by atoms with van der Waals surface area (Å²) in [5.41, 5.74) is 6.28. The molecule has 0 bridgehead atoms. The van der Waals surface area contributed by atoms with Gasteiger partial charge in [0.05, 0.1) is 11.6 Å². The molecule has 0 spiro atoms. The molecule has 2 aliphatic rings. The Balaban J connectivity index is 1.65. The third-order valence-electron chi connectivity index (χ3n) is 7.31. The van der Waals surface area contributed by atoms with Gasteiger partial charge < -0.3 is 10.0 Å². The molecule has 2 aliphatic heterocycles. The molecule has 2 fully saturated rings. The van der Waals surface area contributed by atoms with E-state index in [0.717, 1.165) is 41.0 Å². The van der Waals surface area contributed by atoms with Crippen LogP contribution in [0.15, 0.2) is 72.3 Å². The van der Waals surface area contributed by atoms with Crippen molar-refractivity contribution in [3.05, 3.63) is 100 Å². The van der Waals surface area contributed by atoms with Gasteiger partial charge in [0.2, 0.25) is 0 Å². The monoisotopic (exact) mass is 466 g/mol. The number of aryl methyl sites for hydroxylation is 3. The minimum atomic E-state index is -0.713. The lowest BCUT2D eigenvalue weighted by Crippen LogP contribution is -2.29. The molecule has 178 valence electrons. The highest BCUT2D eigenvalue weighted by Crippen LogP contribution is 2.43. The van der Waals surface area contributed by atoms with Crippen LogP contribution in [-0.4, -0.2) is 29.9 Å². The van der Waals surface area contributed by atoms with Gasteiger partial charge in [-0.05, 0) is 86.2 Å². The highest BCUT2D eigenvalue weighted by molar-refractivity contribution is 6.51. The first kappa shape index (κ1) is 22.9. The molecule has 1 N–H and O–H groups in total. The fourth-order valence-corrected chi connectivity index (χ4v) is 5.13. The van der Waals surface area contributed by atoms with Crippen molar-refractivity contribution in [2.75, 3.05) is 22.9 Å². The minimum Gasteiger partial charge on any atom is -0.507 e. The zero-order valence-corrected chi connectivity index (χ0v) is 20.4. The van der Waals surface area contributed by atoms with Crippen LogP contribution in [0.3, 0.4) is 0 Å². The number of anilines is 2. The fraction of sp³-hybridized carbons (Fsp3) is 0.267. The second-order valence-corrected chi connectivity index (χ2v) is 9.54. The predicted octanol–water partition coefficient (Wildman–Crippen LogP) is 5.84. The Kier molecular flexibility index (Phi) is 5.93. The quantitative estimate of drug-likeness (QED) is 0.298. The molecule has 5 rings (SSSR count). The van der Waals surface area contributed by atoms with Crippen LogP contribution >= 0.6 is 0 Å². The Morgan fingerprint density at radius 3 is 2.11 bits per heavy atom. The average molecular weight is 467 g/mol. The van der Waals surface area contributed by atoms with Crippen LogP contribution in [-0.2, 0) is 9.59 Å². The lowest BCUT2D eigenvalue weighted by Gasteiger charge is -2.27. The molecular formula is C30H30N2O3. The fourth-order valence-electron chi connectivity index (χ4n) is 5.13. The van der Waals surface area contributed by atoms with Gasteiger partial charge in [0.1, 0.15) is 5.76 Å². The van der Waals surface area contributed by atoms with Crippen molar-refractivity contribution < 1.29 is 14.7 Å². The normalized spacial score (nSPS) is 19.6. The third-order valence-corrected chi connectivity index (χ3v) is 7.31. The number of rotatable bonds is 4. The van der Waals surface area contributed by atoms with E-state index in [1.165, 1.54) is 17.7 Å². The number of nitrogens with zero attached hydrogens (tertiary/aromatic N) is 2. The molecule has 0 aromatic heterocycles. The number of aliphatic hydroxyl groups excluding tert-OH is 1. The van der Waals surface area contributed by atoms with Gasteiger partial charge in [0, 0.05) is 30.0 Å². The largest absolute Gasteiger partial charge is 0.507 e. The first-order valence-electron chi connectivity index (χ1n) is 12.2. The second-order valence-electron chi connectivity index (χ2n) is 9.54. The third kappa shape index (κ3) is 4.01. The number of aliphatic hydroxyl groups is 1. The summed E-state index contributed by atoms with van der Waals surface area (Å²) in [4.78, 5) is 30.7. The summed E-state index contributed by atoms with van der Waals surface area (Å²) < 4.78 is 0. The summed E-state index contributed by atoms with van der Waals surface area (Å²) in [7, 11) is 0. The number of hydrogen-bond acceptors (Lipinski definition) is 4. The number of hydrogen-bond donors (Lipinski definition) is 1. The molecule has 35 heavy (non-hydrogen) atoms. The maximum atomic E-state index is 13.4. The van der Waals surface area contributed by atoms with E-state index in [4.69, 9.17) is 0 Å². The van der Waals surface area contributed by atoms with E-state index in [9.17, 15) is 14.7 Å². The van der Waals surface area contributed by atoms with E-state index in [-0.39, 0.29) is 11.3 Å². The van der Waals surface area contributed by atoms with E-state index in [0.29, 0.717) is 11.3 Å². The molecular weight excluding hydrogens is 436 g/mol. The Labute approximate surface area is 206 Å². The molecule has 1 atom stereocenters. The highest BCUT2D eigenvalue weighted by Gasteiger charge is 2.47. The van der Waals surface area contributed by atoms with Gasteiger partial charge in [0.25, 0.3) is 11.7 Å². The maximum absolute atomic E-state index is 13.4. The van der Waals surface area contributed by atoms with Gasteiger partial charge in [-0.1, -0.05) is 36.4 Å². The number of benzene rings is 3. The lowest BCUT2D eigenvalue weighted by molar-refractivity contribution is -0.132. The molecule has 5 nitrogen and oxygen atoms in total. The number of carbonyl (C=O) groups is 2. The number of amides is 1. The molecule has 3 aromatic carbocycles. The van der Waals surface area contributed by atoms with Crippen molar-refractivity contribution in [3.8, 4) is 0 Å². The summed E-state index contributed by atoms with van der Waals surface area (Å²) in [5.74, 6) is -1.44. The molecule has 5 heteroatoms. The van der Waals surface area contributed by atoms with Gasteiger partial charge in [-0.2, -0.15) is 0 Å². The van der Waals surface area contributed by atoms with Gasteiger partial charge in [-0.15, -0.1) is 0 Å². The molecule has 2 saturated heterocycles. The van der Waals surface area contributed by atoms with Crippen molar-refractivity contribution in [1.29, 1.82) is 0 Å². The molecule has 0 radical (unpaired) electrons. The summed E-state index contributed by atoms with van der Waals surface area (Å²) in [5, 5.41) is 11.4. The first-order chi connectivity index (χ1) is 16.9. The Morgan fingerprint density at radius 1 is 0.800 bits per heavy atom. The van der Waals surface area contributed by atoms with Crippen molar-refractivity contribution in [3.63, 3.8) is 0 Å². The second kappa shape index (κ2) is 9.06. The Bertz CT molecular complexity index is 1330. The van der Waals surface area contributed by atoms with E-state index >= 15 is 0 Å². The summed E-state index contributed by atoms with van der Waals surface area (Å²) in [6.07, 6.45) is 2.37. The van der Waals surface area contributed by atoms with Gasteiger partial charge in [-0.25, -0.2) is 0 Å². The van der Waals surface area contributed by atoms with Crippen LogP contribution in [0.25, 0.3) is 5.76 Å².